The third-order valence-corrected chi connectivity index (χ3v) is 4.13. The molecule has 0 unspecified atom stereocenters. The monoisotopic (exact) mass is 259 g/mol. The quantitative estimate of drug-likeness (QED) is 0.769. The molecule has 0 amide bonds. The molecule has 2 rings (SSSR count). The van der Waals surface area contributed by atoms with Crippen molar-refractivity contribution in [2.75, 3.05) is 13.1 Å². The second kappa shape index (κ2) is 6.33. The molecular formula is C17H25NO. The predicted molar refractivity (Wildman–Crippen MR) is 79.6 cm³/mol. The van der Waals surface area contributed by atoms with Crippen LogP contribution in [0.25, 0.3) is 0 Å². The maximum Gasteiger partial charge on any atom is 0.163 e. The Kier molecular flexibility index (Phi) is 4.76. The fourth-order valence-corrected chi connectivity index (χ4v) is 2.85. The molecule has 1 aromatic rings. The molecule has 0 aromatic heterocycles. The summed E-state index contributed by atoms with van der Waals surface area (Å²) >= 11 is 0. The molecule has 2 heteroatoms. The first kappa shape index (κ1) is 14.3. The molecule has 1 aliphatic rings. The van der Waals surface area contributed by atoms with Crippen LogP contribution in [-0.4, -0.2) is 29.8 Å². The Bertz CT molecular complexity index is 421. The summed E-state index contributed by atoms with van der Waals surface area (Å²) in [5.74, 6) is 0.834. The Balaban J connectivity index is 1.93. The van der Waals surface area contributed by atoms with E-state index in [2.05, 4.69) is 25.7 Å². The van der Waals surface area contributed by atoms with Crippen molar-refractivity contribution in [1.82, 2.24) is 4.90 Å². The summed E-state index contributed by atoms with van der Waals surface area (Å²) in [6.45, 7) is 8.80. The second-order valence-corrected chi connectivity index (χ2v) is 6.09. The van der Waals surface area contributed by atoms with Gasteiger partial charge in [-0.2, -0.15) is 0 Å². The number of carbonyl (C=O) groups excluding carboxylic acids is 1. The molecule has 0 saturated carbocycles. The SMILES string of the molecule is Cc1ccc(C(=O)C[C@@H]2CCCN(C(C)C)C2)cc1. The van der Waals surface area contributed by atoms with Crippen LogP contribution >= 0.6 is 0 Å². The van der Waals surface area contributed by atoms with Crippen LogP contribution in [0.1, 0.15) is 49.0 Å². The first-order valence-electron chi connectivity index (χ1n) is 7.40. The summed E-state index contributed by atoms with van der Waals surface area (Å²) in [5, 5.41) is 0. The van der Waals surface area contributed by atoms with Gasteiger partial charge in [-0.25, -0.2) is 0 Å². The second-order valence-electron chi connectivity index (χ2n) is 6.09. The number of carbonyl (C=O) groups is 1. The largest absolute Gasteiger partial charge is 0.301 e. The van der Waals surface area contributed by atoms with E-state index in [9.17, 15) is 4.79 Å². The smallest absolute Gasteiger partial charge is 0.163 e. The number of hydrogen-bond acceptors (Lipinski definition) is 2. The lowest BCUT2D eigenvalue weighted by molar-refractivity contribution is 0.0890. The minimum atomic E-state index is 0.301. The Hall–Kier alpha value is -1.15. The first-order valence-corrected chi connectivity index (χ1v) is 7.40. The molecule has 0 aliphatic carbocycles. The van der Waals surface area contributed by atoms with Gasteiger partial charge >= 0.3 is 0 Å². The maximum absolute atomic E-state index is 12.3. The van der Waals surface area contributed by atoms with Crippen molar-refractivity contribution < 1.29 is 4.79 Å². The van der Waals surface area contributed by atoms with Gasteiger partial charge in [-0.3, -0.25) is 4.79 Å². The summed E-state index contributed by atoms with van der Waals surface area (Å²) in [4.78, 5) is 14.8. The minimum absolute atomic E-state index is 0.301. The van der Waals surface area contributed by atoms with E-state index < -0.39 is 0 Å². The van der Waals surface area contributed by atoms with Gasteiger partial charge in [0.15, 0.2) is 5.78 Å². The zero-order valence-corrected chi connectivity index (χ0v) is 12.4. The highest BCUT2D eigenvalue weighted by molar-refractivity contribution is 5.96. The van der Waals surface area contributed by atoms with Crippen LogP contribution in [0.15, 0.2) is 24.3 Å². The normalized spacial score (nSPS) is 20.7. The standard InChI is InChI=1S/C17H25NO/c1-13(2)18-10-4-5-15(12-18)11-17(19)16-8-6-14(3)7-9-16/h6-9,13,15H,4-5,10-12H2,1-3H3/t15-/m0/s1. The Morgan fingerprint density at radius 3 is 2.63 bits per heavy atom. The van der Waals surface area contributed by atoms with Gasteiger partial charge in [-0.15, -0.1) is 0 Å². The number of hydrogen-bond donors (Lipinski definition) is 0. The third-order valence-electron chi connectivity index (χ3n) is 4.13. The van der Waals surface area contributed by atoms with Crippen molar-refractivity contribution in [3.8, 4) is 0 Å². The zero-order chi connectivity index (χ0) is 13.8. The Labute approximate surface area is 116 Å². The van der Waals surface area contributed by atoms with E-state index in [4.69, 9.17) is 0 Å². The molecule has 0 N–H and O–H groups in total. The molecule has 19 heavy (non-hydrogen) atoms. The molecule has 2 nitrogen and oxygen atoms in total. The molecular weight excluding hydrogens is 234 g/mol. The zero-order valence-electron chi connectivity index (χ0n) is 12.4. The minimum Gasteiger partial charge on any atom is -0.301 e. The van der Waals surface area contributed by atoms with Crippen molar-refractivity contribution in [3.05, 3.63) is 35.4 Å². The summed E-state index contributed by atoms with van der Waals surface area (Å²) in [7, 11) is 0. The van der Waals surface area contributed by atoms with Crippen LogP contribution in [0.5, 0.6) is 0 Å². The van der Waals surface area contributed by atoms with Crippen LogP contribution in [-0.2, 0) is 0 Å². The number of benzene rings is 1. The average molecular weight is 259 g/mol. The molecule has 104 valence electrons. The molecule has 0 radical (unpaired) electrons. The lowest BCUT2D eigenvalue weighted by atomic mass is 9.90. The van der Waals surface area contributed by atoms with E-state index in [0.29, 0.717) is 24.2 Å². The number of ketones is 1. The van der Waals surface area contributed by atoms with E-state index in [-0.39, 0.29) is 0 Å². The highest BCUT2D eigenvalue weighted by Gasteiger charge is 2.23. The van der Waals surface area contributed by atoms with Crippen LogP contribution in [0.4, 0.5) is 0 Å². The van der Waals surface area contributed by atoms with E-state index in [1.807, 2.05) is 24.3 Å². The summed E-state index contributed by atoms with van der Waals surface area (Å²) in [6, 6.07) is 8.56. The molecule has 1 aromatic carbocycles. The fraction of sp³-hybridized carbons (Fsp3) is 0.588. The van der Waals surface area contributed by atoms with Crippen LogP contribution in [0.2, 0.25) is 0 Å². The topological polar surface area (TPSA) is 20.3 Å². The third kappa shape index (κ3) is 3.90. The highest BCUT2D eigenvalue weighted by atomic mass is 16.1. The number of aryl methyl sites for hydroxylation is 1. The summed E-state index contributed by atoms with van der Waals surface area (Å²) in [6.07, 6.45) is 3.12. The van der Waals surface area contributed by atoms with Gasteiger partial charge < -0.3 is 4.90 Å². The fourth-order valence-electron chi connectivity index (χ4n) is 2.85. The number of piperidine rings is 1. The van der Waals surface area contributed by atoms with Gasteiger partial charge in [0.05, 0.1) is 0 Å². The molecule has 1 fully saturated rings. The van der Waals surface area contributed by atoms with Gasteiger partial charge in [-0.1, -0.05) is 29.8 Å². The van der Waals surface area contributed by atoms with E-state index in [0.717, 1.165) is 12.1 Å². The molecule has 1 aliphatic heterocycles. The van der Waals surface area contributed by atoms with E-state index in [1.165, 1.54) is 24.9 Å². The lowest BCUT2D eigenvalue weighted by Crippen LogP contribution is -2.40. The number of nitrogens with zero attached hydrogens (tertiary/aromatic N) is 1. The van der Waals surface area contributed by atoms with Crippen LogP contribution in [0.3, 0.4) is 0 Å². The van der Waals surface area contributed by atoms with Gasteiger partial charge in [0.2, 0.25) is 0 Å². The molecule has 0 bridgehead atoms. The van der Waals surface area contributed by atoms with Crippen LogP contribution in [0, 0.1) is 12.8 Å². The van der Waals surface area contributed by atoms with Crippen LogP contribution < -0.4 is 0 Å². The molecule has 0 spiro atoms. The van der Waals surface area contributed by atoms with Crippen molar-refractivity contribution in [3.63, 3.8) is 0 Å². The van der Waals surface area contributed by atoms with Crippen molar-refractivity contribution >= 4 is 5.78 Å². The molecule has 1 atom stereocenters. The Morgan fingerprint density at radius 1 is 1.32 bits per heavy atom. The summed E-state index contributed by atoms with van der Waals surface area (Å²) in [5.41, 5.74) is 2.08. The number of rotatable bonds is 4. The maximum atomic E-state index is 12.3. The van der Waals surface area contributed by atoms with Gasteiger partial charge in [0.1, 0.15) is 0 Å². The van der Waals surface area contributed by atoms with Crippen molar-refractivity contribution in [2.24, 2.45) is 5.92 Å². The van der Waals surface area contributed by atoms with E-state index >= 15 is 0 Å². The predicted octanol–water partition coefficient (Wildman–Crippen LogP) is 3.69. The molecule has 1 saturated heterocycles. The lowest BCUT2D eigenvalue weighted by Gasteiger charge is -2.35. The number of Topliss-reactive ketones (excluding diaryl/α,β-unsaturated/α-hetero) is 1. The van der Waals surface area contributed by atoms with Crippen molar-refractivity contribution in [1.29, 1.82) is 0 Å². The van der Waals surface area contributed by atoms with Gasteiger partial charge in [0.25, 0.3) is 0 Å². The van der Waals surface area contributed by atoms with Gasteiger partial charge in [0, 0.05) is 24.6 Å². The Morgan fingerprint density at radius 2 is 2.00 bits per heavy atom. The number of likely N-dealkylation sites (tertiary alicyclic amines) is 1. The van der Waals surface area contributed by atoms with Crippen molar-refractivity contribution in [2.45, 2.75) is 46.1 Å². The first-order chi connectivity index (χ1) is 9.06. The highest BCUT2D eigenvalue weighted by Crippen LogP contribution is 2.23. The summed E-state index contributed by atoms with van der Waals surface area (Å²) < 4.78 is 0. The molecule has 1 heterocycles. The van der Waals surface area contributed by atoms with Gasteiger partial charge in [-0.05, 0) is 46.1 Å². The average Bonchev–Trinajstić information content (AvgIpc) is 2.39. The van der Waals surface area contributed by atoms with E-state index in [1.54, 1.807) is 0 Å².